The number of thioether (sulfide) groups is 1. The summed E-state index contributed by atoms with van der Waals surface area (Å²) in [6.45, 7) is 5.54. The Hall–Kier alpha value is -0.910. The zero-order valence-corrected chi connectivity index (χ0v) is 12.7. The molecule has 5 nitrogen and oxygen atoms in total. The van der Waals surface area contributed by atoms with Gasteiger partial charge in [-0.05, 0) is 19.6 Å². The van der Waals surface area contributed by atoms with Crippen molar-refractivity contribution in [3.63, 3.8) is 0 Å². The lowest BCUT2D eigenvalue weighted by Crippen LogP contribution is -2.41. The van der Waals surface area contributed by atoms with Gasteiger partial charge in [0.25, 0.3) is 0 Å². The topological polar surface area (TPSA) is 65.5 Å². The second kappa shape index (κ2) is 11.2. The summed E-state index contributed by atoms with van der Waals surface area (Å²) < 4.78 is 0. The van der Waals surface area contributed by atoms with Crippen LogP contribution >= 0.6 is 11.8 Å². The Morgan fingerprint density at radius 1 is 1.33 bits per heavy atom. The van der Waals surface area contributed by atoms with Gasteiger partial charge in [0.1, 0.15) is 0 Å². The van der Waals surface area contributed by atoms with Crippen molar-refractivity contribution in [1.29, 1.82) is 0 Å². The van der Waals surface area contributed by atoms with Gasteiger partial charge in [-0.25, -0.2) is 0 Å². The van der Waals surface area contributed by atoms with Crippen LogP contribution in [0, 0.1) is 0 Å². The number of hydrogen-bond donors (Lipinski definition) is 3. The molecule has 0 aromatic carbocycles. The van der Waals surface area contributed by atoms with Crippen LogP contribution in [-0.4, -0.2) is 50.1 Å². The molecule has 0 saturated carbocycles. The lowest BCUT2D eigenvalue weighted by atomic mass is 10.2. The van der Waals surface area contributed by atoms with Gasteiger partial charge in [0.15, 0.2) is 5.96 Å². The zero-order chi connectivity index (χ0) is 13.8. The summed E-state index contributed by atoms with van der Waals surface area (Å²) in [6.07, 6.45) is 3.49. The summed E-state index contributed by atoms with van der Waals surface area (Å²) in [4.78, 5) is 15.6. The molecule has 0 bridgehead atoms. The predicted molar refractivity (Wildman–Crippen MR) is 80.3 cm³/mol. The highest BCUT2D eigenvalue weighted by Gasteiger charge is 2.05. The average molecular weight is 274 g/mol. The van der Waals surface area contributed by atoms with Crippen molar-refractivity contribution in [2.45, 2.75) is 32.7 Å². The monoisotopic (exact) mass is 274 g/mol. The Morgan fingerprint density at radius 2 is 2.00 bits per heavy atom. The third-order valence-electron chi connectivity index (χ3n) is 2.49. The summed E-state index contributed by atoms with van der Waals surface area (Å²) in [7, 11) is 1.73. The highest BCUT2D eigenvalue weighted by atomic mass is 32.2. The summed E-state index contributed by atoms with van der Waals surface area (Å²) in [5, 5.41) is 9.23. The molecule has 1 atom stereocenters. The van der Waals surface area contributed by atoms with Gasteiger partial charge in [0.05, 0.1) is 0 Å². The Bertz CT molecular complexity index is 258. The molecule has 0 radical (unpaired) electrons. The van der Waals surface area contributed by atoms with Crippen LogP contribution in [0.2, 0.25) is 0 Å². The van der Waals surface area contributed by atoms with Gasteiger partial charge in [-0.15, -0.1) is 0 Å². The van der Waals surface area contributed by atoms with Gasteiger partial charge < -0.3 is 16.0 Å². The number of nitrogens with one attached hydrogen (secondary N) is 3. The van der Waals surface area contributed by atoms with E-state index in [2.05, 4.69) is 34.1 Å². The molecule has 18 heavy (non-hydrogen) atoms. The van der Waals surface area contributed by atoms with Gasteiger partial charge >= 0.3 is 0 Å². The van der Waals surface area contributed by atoms with Crippen molar-refractivity contribution in [2.75, 3.05) is 32.1 Å². The Morgan fingerprint density at radius 3 is 2.56 bits per heavy atom. The minimum absolute atomic E-state index is 0.0800. The van der Waals surface area contributed by atoms with Gasteiger partial charge in [0, 0.05) is 38.4 Å². The van der Waals surface area contributed by atoms with E-state index in [1.165, 1.54) is 0 Å². The molecule has 1 amide bonds. The zero-order valence-electron chi connectivity index (χ0n) is 11.9. The molecule has 0 rings (SSSR count). The maximum Gasteiger partial charge on any atom is 0.221 e. The Balaban J connectivity index is 3.70. The lowest BCUT2D eigenvalue weighted by Gasteiger charge is -2.13. The molecule has 6 heteroatoms. The Kier molecular flexibility index (Phi) is 10.6. The number of nitrogens with zero attached hydrogens (tertiary/aromatic N) is 1. The van der Waals surface area contributed by atoms with E-state index in [1.807, 2.05) is 6.92 Å². The van der Waals surface area contributed by atoms with Gasteiger partial charge in [-0.1, -0.05) is 6.92 Å². The molecule has 0 heterocycles. The fourth-order valence-corrected chi connectivity index (χ4v) is 1.54. The van der Waals surface area contributed by atoms with Crippen LogP contribution in [0.3, 0.4) is 0 Å². The van der Waals surface area contributed by atoms with Crippen LogP contribution in [0.15, 0.2) is 4.99 Å². The number of amides is 1. The first kappa shape index (κ1) is 17.1. The first-order valence-electron chi connectivity index (χ1n) is 6.36. The number of guanidine groups is 1. The highest BCUT2D eigenvalue weighted by Crippen LogP contribution is 1.89. The van der Waals surface area contributed by atoms with Crippen LogP contribution in [0.5, 0.6) is 0 Å². The Labute approximate surface area is 115 Å². The SMILES string of the molecule is CCC(C)NC(=O)CCNC(=NC)NCCSC. The van der Waals surface area contributed by atoms with E-state index in [9.17, 15) is 4.79 Å². The predicted octanol–water partition coefficient (Wildman–Crippen LogP) is 0.819. The van der Waals surface area contributed by atoms with Crippen molar-refractivity contribution in [1.82, 2.24) is 16.0 Å². The van der Waals surface area contributed by atoms with Gasteiger partial charge in [-0.3, -0.25) is 9.79 Å². The maximum absolute atomic E-state index is 11.5. The normalized spacial score (nSPS) is 13.0. The maximum atomic E-state index is 11.5. The summed E-state index contributed by atoms with van der Waals surface area (Å²) in [6, 6.07) is 0.247. The van der Waals surface area contributed by atoms with Crippen LogP contribution in [-0.2, 0) is 4.79 Å². The van der Waals surface area contributed by atoms with Crippen molar-refractivity contribution in [3.05, 3.63) is 0 Å². The molecule has 0 aliphatic rings. The lowest BCUT2D eigenvalue weighted by molar-refractivity contribution is -0.121. The first-order chi connectivity index (χ1) is 8.63. The first-order valence-corrected chi connectivity index (χ1v) is 7.76. The average Bonchev–Trinajstić information content (AvgIpc) is 2.36. The van der Waals surface area contributed by atoms with Gasteiger partial charge in [0.2, 0.25) is 5.91 Å². The molecule has 0 aliphatic carbocycles. The molecule has 0 saturated heterocycles. The van der Waals surface area contributed by atoms with E-state index >= 15 is 0 Å². The molecule has 106 valence electrons. The van der Waals surface area contributed by atoms with Crippen LogP contribution < -0.4 is 16.0 Å². The van der Waals surface area contributed by atoms with Crippen molar-refractivity contribution in [2.24, 2.45) is 4.99 Å². The van der Waals surface area contributed by atoms with Gasteiger partial charge in [-0.2, -0.15) is 11.8 Å². The van der Waals surface area contributed by atoms with Crippen LogP contribution in [0.25, 0.3) is 0 Å². The third kappa shape index (κ3) is 9.15. The van der Waals surface area contributed by atoms with E-state index in [4.69, 9.17) is 0 Å². The molecular weight excluding hydrogens is 248 g/mol. The highest BCUT2D eigenvalue weighted by molar-refractivity contribution is 7.98. The minimum Gasteiger partial charge on any atom is -0.356 e. The minimum atomic E-state index is 0.0800. The fourth-order valence-electron chi connectivity index (χ4n) is 1.24. The number of carbonyl (C=O) groups excluding carboxylic acids is 1. The molecule has 0 fully saturated rings. The van der Waals surface area contributed by atoms with E-state index in [0.29, 0.717) is 13.0 Å². The largest absolute Gasteiger partial charge is 0.356 e. The van der Waals surface area contributed by atoms with Crippen LogP contribution in [0.1, 0.15) is 26.7 Å². The van der Waals surface area contributed by atoms with E-state index in [0.717, 1.165) is 24.7 Å². The van der Waals surface area contributed by atoms with Crippen LogP contribution in [0.4, 0.5) is 0 Å². The molecular formula is C12H26N4OS. The van der Waals surface area contributed by atoms with E-state index in [-0.39, 0.29) is 11.9 Å². The number of hydrogen-bond acceptors (Lipinski definition) is 3. The molecule has 0 aliphatic heterocycles. The van der Waals surface area contributed by atoms with E-state index < -0.39 is 0 Å². The smallest absolute Gasteiger partial charge is 0.221 e. The van der Waals surface area contributed by atoms with Crippen molar-refractivity contribution < 1.29 is 4.79 Å². The summed E-state index contributed by atoms with van der Waals surface area (Å²) in [5.41, 5.74) is 0. The summed E-state index contributed by atoms with van der Waals surface area (Å²) in [5.74, 6) is 1.87. The fraction of sp³-hybridized carbons (Fsp3) is 0.833. The molecule has 0 aromatic rings. The number of carbonyl (C=O) groups is 1. The molecule has 1 unspecified atom stereocenters. The van der Waals surface area contributed by atoms with Crippen molar-refractivity contribution >= 4 is 23.6 Å². The second-order valence-electron chi connectivity index (χ2n) is 4.05. The summed E-state index contributed by atoms with van der Waals surface area (Å²) >= 11 is 1.78. The molecule has 3 N–H and O–H groups in total. The molecule has 0 spiro atoms. The number of rotatable bonds is 8. The number of aliphatic imine (C=N–C) groups is 1. The second-order valence-corrected chi connectivity index (χ2v) is 5.03. The third-order valence-corrected chi connectivity index (χ3v) is 3.10. The quantitative estimate of drug-likeness (QED) is 0.348. The van der Waals surface area contributed by atoms with Crippen molar-refractivity contribution in [3.8, 4) is 0 Å². The molecule has 0 aromatic heterocycles. The van der Waals surface area contributed by atoms with E-state index in [1.54, 1.807) is 18.8 Å². The standard InChI is InChI=1S/C12H26N4OS/c1-5-10(2)16-11(17)6-7-14-12(13-3)15-8-9-18-4/h10H,5-9H2,1-4H3,(H,16,17)(H2,13,14,15).